The zero-order valence-corrected chi connectivity index (χ0v) is 11.3. The maximum Gasteiger partial charge on any atom is 0.0521 e. The summed E-state index contributed by atoms with van der Waals surface area (Å²) in [7, 11) is 2.06. The Morgan fingerprint density at radius 1 is 1.47 bits per heavy atom. The van der Waals surface area contributed by atoms with Crippen molar-refractivity contribution in [3.05, 3.63) is 17.5 Å². The summed E-state index contributed by atoms with van der Waals surface area (Å²) in [4.78, 5) is 0.688. The standard InChI is InChI=1S/C12H19BrN2/c1-8-4-5-10(13)6-11(8)12-9(2)7-14-15(12)3/h7-8,10-11H,4-6H2,1-3H3. The molecule has 0 bridgehead atoms. The molecular weight excluding hydrogens is 252 g/mol. The van der Waals surface area contributed by atoms with Crippen LogP contribution in [-0.2, 0) is 7.05 Å². The van der Waals surface area contributed by atoms with Crippen LogP contribution in [0, 0.1) is 12.8 Å². The summed E-state index contributed by atoms with van der Waals surface area (Å²) in [5.41, 5.74) is 2.78. The van der Waals surface area contributed by atoms with Gasteiger partial charge in [-0.15, -0.1) is 0 Å². The highest BCUT2D eigenvalue weighted by Crippen LogP contribution is 2.40. The van der Waals surface area contributed by atoms with Crippen molar-refractivity contribution < 1.29 is 0 Å². The van der Waals surface area contributed by atoms with Crippen LogP contribution in [0.15, 0.2) is 6.20 Å². The first-order valence-corrected chi connectivity index (χ1v) is 6.63. The number of nitrogens with zero attached hydrogens (tertiary/aromatic N) is 2. The van der Waals surface area contributed by atoms with Gasteiger partial charge in [-0.25, -0.2) is 0 Å². The Bertz CT molecular complexity index is 326. The molecule has 3 heteroatoms. The van der Waals surface area contributed by atoms with E-state index in [1.54, 1.807) is 0 Å². The maximum absolute atomic E-state index is 4.35. The number of halogens is 1. The summed E-state index contributed by atoms with van der Waals surface area (Å²) in [6.45, 7) is 4.54. The molecule has 2 nitrogen and oxygen atoms in total. The Morgan fingerprint density at radius 2 is 2.20 bits per heavy atom. The molecule has 0 aliphatic heterocycles. The van der Waals surface area contributed by atoms with Gasteiger partial charge in [-0.05, 0) is 37.7 Å². The average molecular weight is 271 g/mol. The lowest BCUT2D eigenvalue weighted by Crippen LogP contribution is -2.23. The Balaban J connectivity index is 2.28. The van der Waals surface area contributed by atoms with Gasteiger partial charge in [0.05, 0.1) is 6.20 Å². The first-order chi connectivity index (χ1) is 7.09. The smallest absolute Gasteiger partial charge is 0.0521 e. The van der Waals surface area contributed by atoms with Crippen molar-refractivity contribution >= 4 is 15.9 Å². The van der Waals surface area contributed by atoms with E-state index in [9.17, 15) is 0 Å². The highest BCUT2D eigenvalue weighted by atomic mass is 79.9. The van der Waals surface area contributed by atoms with Crippen molar-refractivity contribution in [1.82, 2.24) is 9.78 Å². The Kier molecular flexibility index (Phi) is 3.19. The van der Waals surface area contributed by atoms with Gasteiger partial charge in [-0.3, -0.25) is 4.68 Å². The van der Waals surface area contributed by atoms with Crippen molar-refractivity contribution in [1.29, 1.82) is 0 Å². The molecule has 3 atom stereocenters. The molecule has 1 saturated carbocycles. The number of hydrogen-bond donors (Lipinski definition) is 0. The minimum Gasteiger partial charge on any atom is -0.272 e. The zero-order chi connectivity index (χ0) is 11.0. The van der Waals surface area contributed by atoms with E-state index in [1.807, 2.05) is 6.20 Å². The summed E-state index contributed by atoms with van der Waals surface area (Å²) in [5, 5.41) is 4.35. The molecule has 0 radical (unpaired) electrons. The summed E-state index contributed by atoms with van der Waals surface area (Å²) >= 11 is 3.76. The van der Waals surface area contributed by atoms with Crippen molar-refractivity contribution in [2.24, 2.45) is 13.0 Å². The fraction of sp³-hybridized carbons (Fsp3) is 0.750. The predicted octanol–water partition coefficient (Wildman–Crippen LogP) is 3.40. The SMILES string of the molecule is Cc1cnn(C)c1C1CC(Br)CCC1C. The zero-order valence-electron chi connectivity index (χ0n) is 9.70. The first kappa shape index (κ1) is 11.2. The molecule has 0 spiro atoms. The highest BCUT2D eigenvalue weighted by Gasteiger charge is 2.30. The molecule has 84 valence electrons. The Labute approximate surface area is 100 Å². The largest absolute Gasteiger partial charge is 0.272 e. The lowest BCUT2D eigenvalue weighted by molar-refractivity contribution is 0.326. The van der Waals surface area contributed by atoms with Crippen LogP contribution in [0.2, 0.25) is 0 Å². The minimum absolute atomic E-state index is 0.677. The molecule has 1 aromatic rings. The second-order valence-corrected chi connectivity index (χ2v) is 6.13. The monoisotopic (exact) mass is 270 g/mol. The maximum atomic E-state index is 4.35. The highest BCUT2D eigenvalue weighted by molar-refractivity contribution is 9.09. The molecule has 0 N–H and O–H groups in total. The van der Waals surface area contributed by atoms with E-state index in [-0.39, 0.29) is 0 Å². The number of rotatable bonds is 1. The minimum atomic E-state index is 0.677. The third-order valence-corrected chi connectivity index (χ3v) is 4.49. The lowest BCUT2D eigenvalue weighted by Gasteiger charge is -2.32. The van der Waals surface area contributed by atoms with Gasteiger partial charge >= 0.3 is 0 Å². The van der Waals surface area contributed by atoms with Gasteiger partial charge in [0, 0.05) is 23.5 Å². The lowest BCUT2D eigenvalue weighted by atomic mass is 9.77. The molecule has 1 heterocycles. The van der Waals surface area contributed by atoms with E-state index in [1.165, 1.54) is 30.5 Å². The molecule has 1 fully saturated rings. The van der Waals surface area contributed by atoms with Crippen LogP contribution in [0.4, 0.5) is 0 Å². The fourth-order valence-electron chi connectivity index (χ4n) is 2.74. The first-order valence-electron chi connectivity index (χ1n) is 5.72. The van der Waals surface area contributed by atoms with Gasteiger partial charge in [-0.2, -0.15) is 5.10 Å². The van der Waals surface area contributed by atoms with Gasteiger partial charge in [-0.1, -0.05) is 22.9 Å². The van der Waals surface area contributed by atoms with Crippen LogP contribution in [0.3, 0.4) is 0 Å². The van der Waals surface area contributed by atoms with E-state index in [4.69, 9.17) is 0 Å². The normalized spacial score (nSPS) is 31.9. The average Bonchev–Trinajstić information content (AvgIpc) is 2.51. The van der Waals surface area contributed by atoms with Crippen LogP contribution >= 0.6 is 15.9 Å². The van der Waals surface area contributed by atoms with Crippen LogP contribution < -0.4 is 0 Å². The molecule has 0 saturated heterocycles. The van der Waals surface area contributed by atoms with E-state index < -0.39 is 0 Å². The number of aromatic nitrogens is 2. The molecular formula is C12H19BrN2. The van der Waals surface area contributed by atoms with E-state index >= 15 is 0 Å². The Morgan fingerprint density at radius 3 is 2.80 bits per heavy atom. The second-order valence-electron chi connectivity index (χ2n) is 4.83. The summed E-state index contributed by atoms with van der Waals surface area (Å²) in [6, 6.07) is 0. The number of alkyl halides is 1. The van der Waals surface area contributed by atoms with Crippen molar-refractivity contribution in [3.8, 4) is 0 Å². The molecule has 1 aromatic heterocycles. The van der Waals surface area contributed by atoms with Gasteiger partial charge in [0.15, 0.2) is 0 Å². The third kappa shape index (κ3) is 2.12. The molecule has 15 heavy (non-hydrogen) atoms. The third-order valence-electron chi connectivity index (χ3n) is 3.66. The molecule has 0 amide bonds. The molecule has 1 aliphatic carbocycles. The molecule has 3 unspecified atom stereocenters. The fourth-order valence-corrected chi connectivity index (χ4v) is 3.41. The van der Waals surface area contributed by atoms with Crippen molar-refractivity contribution in [2.45, 2.75) is 43.9 Å². The van der Waals surface area contributed by atoms with Crippen LogP contribution in [-0.4, -0.2) is 14.6 Å². The van der Waals surface area contributed by atoms with Crippen molar-refractivity contribution in [3.63, 3.8) is 0 Å². The number of aryl methyl sites for hydroxylation is 2. The van der Waals surface area contributed by atoms with Crippen LogP contribution in [0.5, 0.6) is 0 Å². The summed E-state index contributed by atoms with van der Waals surface area (Å²) in [6.07, 6.45) is 5.88. The molecule has 2 rings (SSSR count). The predicted molar refractivity (Wildman–Crippen MR) is 66.4 cm³/mol. The topological polar surface area (TPSA) is 17.8 Å². The summed E-state index contributed by atoms with van der Waals surface area (Å²) in [5.74, 6) is 1.46. The van der Waals surface area contributed by atoms with E-state index in [0.29, 0.717) is 10.7 Å². The molecule has 1 aliphatic rings. The van der Waals surface area contributed by atoms with E-state index in [2.05, 4.69) is 46.6 Å². The van der Waals surface area contributed by atoms with Gasteiger partial charge < -0.3 is 0 Å². The van der Waals surface area contributed by atoms with Gasteiger partial charge in [0.25, 0.3) is 0 Å². The molecule has 0 aromatic carbocycles. The quantitative estimate of drug-likeness (QED) is 0.716. The Hall–Kier alpha value is -0.310. The second kappa shape index (κ2) is 4.28. The van der Waals surface area contributed by atoms with Gasteiger partial charge in [0.2, 0.25) is 0 Å². The van der Waals surface area contributed by atoms with Crippen LogP contribution in [0.25, 0.3) is 0 Å². The number of hydrogen-bond acceptors (Lipinski definition) is 1. The van der Waals surface area contributed by atoms with Crippen LogP contribution in [0.1, 0.15) is 43.4 Å². The van der Waals surface area contributed by atoms with Crippen molar-refractivity contribution in [2.75, 3.05) is 0 Å². The van der Waals surface area contributed by atoms with Gasteiger partial charge in [0.1, 0.15) is 0 Å². The summed E-state index contributed by atoms with van der Waals surface area (Å²) < 4.78 is 2.06. The van der Waals surface area contributed by atoms with E-state index in [0.717, 1.165) is 5.92 Å².